The van der Waals surface area contributed by atoms with Crippen LogP contribution in [0.15, 0.2) is 53.1 Å². The Labute approximate surface area is 187 Å². The molecular formula is C23H20F3N3O4. The Morgan fingerprint density at radius 3 is 2.36 bits per heavy atom. The van der Waals surface area contributed by atoms with Gasteiger partial charge in [0.2, 0.25) is 11.7 Å². The number of esters is 1. The number of nitrogens with zero attached hydrogens (tertiary/aromatic N) is 3. The van der Waals surface area contributed by atoms with Crippen LogP contribution >= 0.6 is 0 Å². The molecule has 7 nitrogen and oxygen atoms in total. The van der Waals surface area contributed by atoms with Crippen molar-refractivity contribution in [2.45, 2.75) is 31.9 Å². The number of ether oxygens (including phenoxy) is 1. The van der Waals surface area contributed by atoms with Crippen LogP contribution in [0.3, 0.4) is 0 Å². The molecule has 0 spiro atoms. The van der Waals surface area contributed by atoms with Crippen LogP contribution in [0.4, 0.5) is 13.2 Å². The first-order chi connectivity index (χ1) is 15.7. The Morgan fingerprint density at radius 2 is 1.73 bits per heavy atom. The molecule has 4 rings (SSSR count). The highest BCUT2D eigenvalue weighted by Crippen LogP contribution is 2.32. The summed E-state index contributed by atoms with van der Waals surface area (Å²) in [6.07, 6.45) is -3.25. The maximum Gasteiger partial charge on any atom is 0.416 e. The Hall–Kier alpha value is -3.69. The van der Waals surface area contributed by atoms with E-state index in [0.29, 0.717) is 42.9 Å². The largest absolute Gasteiger partial charge is 0.426 e. The van der Waals surface area contributed by atoms with Gasteiger partial charge in [0.1, 0.15) is 5.75 Å². The van der Waals surface area contributed by atoms with Gasteiger partial charge >= 0.3 is 12.1 Å². The molecule has 1 saturated heterocycles. The number of likely N-dealkylation sites (tertiary alicyclic amines) is 1. The molecule has 1 amide bonds. The lowest BCUT2D eigenvalue weighted by Crippen LogP contribution is -2.38. The average Bonchev–Trinajstić information content (AvgIpc) is 3.29. The first-order valence-corrected chi connectivity index (χ1v) is 10.3. The van der Waals surface area contributed by atoms with Crippen molar-refractivity contribution in [3.63, 3.8) is 0 Å². The minimum absolute atomic E-state index is 0.0755. The number of carbonyl (C=O) groups excluding carboxylic acids is 2. The molecular weight excluding hydrogens is 439 g/mol. The Bertz CT molecular complexity index is 1150. The van der Waals surface area contributed by atoms with Crippen molar-refractivity contribution in [3.05, 3.63) is 65.5 Å². The van der Waals surface area contributed by atoms with Crippen molar-refractivity contribution in [1.29, 1.82) is 0 Å². The molecule has 33 heavy (non-hydrogen) atoms. The number of rotatable bonds is 4. The third-order valence-corrected chi connectivity index (χ3v) is 5.41. The number of hydrogen-bond acceptors (Lipinski definition) is 6. The Kier molecular flexibility index (Phi) is 6.17. The van der Waals surface area contributed by atoms with Gasteiger partial charge in [-0.15, -0.1) is 0 Å². The topological polar surface area (TPSA) is 85.5 Å². The van der Waals surface area contributed by atoms with E-state index in [9.17, 15) is 22.8 Å². The average molecular weight is 459 g/mol. The number of hydrogen-bond donors (Lipinski definition) is 0. The highest BCUT2D eigenvalue weighted by atomic mass is 19.4. The van der Waals surface area contributed by atoms with Crippen molar-refractivity contribution >= 4 is 11.9 Å². The van der Waals surface area contributed by atoms with Gasteiger partial charge in [0.15, 0.2) is 0 Å². The van der Waals surface area contributed by atoms with Gasteiger partial charge in [-0.05, 0) is 37.1 Å². The predicted octanol–water partition coefficient (Wildman–Crippen LogP) is 4.70. The maximum absolute atomic E-state index is 12.9. The van der Waals surface area contributed by atoms with Crippen LogP contribution in [0.1, 0.15) is 47.5 Å². The van der Waals surface area contributed by atoms with Crippen LogP contribution in [-0.4, -0.2) is 40.0 Å². The molecule has 172 valence electrons. The quantitative estimate of drug-likeness (QED) is 0.415. The number of piperidine rings is 1. The van der Waals surface area contributed by atoms with E-state index in [4.69, 9.17) is 9.26 Å². The summed E-state index contributed by atoms with van der Waals surface area (Å²) in [4.78, 5) is 30.3. The minimum atomic E-state index is -4.41. The van der Waals surface area contributed by atoms with E-state index in [1.54, 1.807) is 29.2 Å². The number of alkyl halides is 3. The predicted molar refractivity (Wildman–Crippen MR) is 110 cm³/mol. The monoisotopic (exact) mass is 459 g/mol. The third kappa shape index (κ3) is 5.05. The van der Waals surface area contributed by atoms with Crippen LogP contribution in [0.2, 0.25) is 0 Å². The van der Waals surface area contributed by atoms with Crippen molar-refractivity contribution in [1.82, 2.24) is 15.0 Å². The summed E-state index contributed by atoms with van der Waals surface area (Å²) in [5.74, 6) is 0.00370. The Balaban J connectivity index is 1.41. The van der Waals surface area contributed by atoms with Gasteiger partial charge in [0.05, 0.1) is 11.1 Å². The fourth-order valence-electron chi connectivity index (χ4n) is 3.71. The van der Waals surface area contributed by atoms with Crippen LogP contribution in [0.25, 0.3) is 11.4 Å². The second-order valence-electron chi connectivity index (χ2n) is 7.69. The smallest absolute Gasteiger partial charge is 0.416 e. The molecule has 0 saturated carbocycles. The zero-order valence-electron chi connectivity index (χ0n) is 17.6. The lowest BCUT2D eigenvalue weighted by Gasteiger charge is -2.30. The van der Waals surface area contributed by atoms with Gasteiger partial charge in [-0.1, -0.05) is 29.4 Å². The van der Waals surface area contributed by atoms with Crippen LogP contribution in [-0.2, 0) is 11.0 Å². The molecule has 0 bridgehead atoms. The highest BCUT2D eigenvalue weighted by molar-refractivity contribution is 5.97. The van der Waals surface area contributed by atoms with Crippen molar-refractivity contribution in [2.24, 2.45) is 0 Å². The second-order valence-corrected chi connectivity index (χ2v) is 7.69. The van der Waals surface area contributed by atoms with Gasteiger partial charge in [0, 0.05) is 31.5 Å². The second kappa shape index (κ2) is 9.05. The highest BCUT2D eigenvalue weighted by Gasteiger charge is 2.31. The summed E-state index contributed by atoms with van der Waals surface area (Å²) in [5, 5.41) is 3.90. The summed E-state index contributed by atoms with van der Waals surface area (Å²) in [6, 6.07) is 11.1. The lowest BCUT2D eigenvalue weighted by molar-refractivity contribution is -0.137. The van der Waals surface area contributed by atoms with Crippen LogP contribution < -0.4 is 4.74 Å². The van der Waals surface area contributed by atoms with E-state index in [1.165, 1.54) is 19.1 Å². The van der Waals surface area contributed by atoms with Crippen molar-refractivity contribution < 1.29 is 32.0 Å². The fourth-order valence-corrected chi connectivity index (χ4v) is 3.71. The molecule has 1 aliphatic rings. The number of benzene rings is 2. The SMILES string of the molecule is CC(=O)Oc1ccccc1C(=O)N1CCC(c2nc(-c3ccc(C(F)(F)F)cc3)no2)CC1. The molecule has 1 aliphatic heterocycles. The third-order valence-electron chi connectivity index (χ3n) is 5.41. The maximum atomic E-state index is 12.9. The molecule has 1 fully saturated rings. The molecule has 2 heterocycles. The van der Waals surface area contributed by atoms with Gasteiger partial charge in [-0.3, -0.25) is 9.59 Å². The van der Waals surface area contributed by atoms with E-state index in [1.807, 2.05) is 0 Å². The molecule has 0 radical (unpaired) electrons. The summed E-state index contributed by atoms with van der Waals surface area (Å²) in [7, 11) is 0. The first kappa shape index (κ1) is 22.5. The number of carbonyl (C=O) groups is 2. The molecule has 3 aromatic rings. The number of amides is 1. The van der Waals surface area contributed by atoms with E-state index in [-0.39, 0.29) is 23.4 Å². The summed E-state index contributed by atoms with van der Waals surface area (Å²) in [5.41, 5.74) is -0.0106. The molecule has 0 N–H and O–H groups in total. The van der Waals surface area contributed by atoms with Gasteiger partial charge in [-0.2, -0.15) is 18.2 Å². The molecule has 1 aromatic heterocycles. The van der Waals surface area contributed by atoms with E-state index < -0.39 is 17.7 Å². The molecule has 0 atom stereocenters. The summed E-state index contributed by atoms with van der Waals surface area (Å²) in [6.45, 7) is 2.15. The van der Waals surface area contributed by atoms with Crippen molar-refractivity contribution in [3.8, 4) is 17.1 Å². The van der Waals surface area contributed by atoms with E-state index >= 15 is 0 Å². The molecule has 10 heteroatoms. The van der Waals surface area contributed by atoms with E-state index in [2.05, 4.69) is 10.1 Å². The zero-order valence-corrected chi connectivity index (χ0v) is 17.6. The summed E-state index contributed by atoms with van der Waals surface area (Å²) < 4.78 is 48.7. The first-order valence-electron chi connectivity index (χ1n) is 10.3. The normalized spacial score (nSPS) is 14.8. The van der Waals surface area contributed by atoms with Gasteiger partial charge in [-0.25, -0.2) is 0 Å². The minimum Gasteiger partial charge on any atom is -0.426 e. The van der Waals surface area contributed by atoms with Crippen LogP contribution in [0, 0.1) is 0 Å². The number of halogens is 3. The van der Waals surface area contributed by atoms with Crippen molar-refractivity contribution in [2.75, 3.05) is 13.1 Å². The molecule has 0 unspecified atom stereocenters. The van der Waals surface area contributed by atoms with E-state index in [0.717, 1.165) is 12.1 Å². The standard InChI is InChI=1S/C23H20F3N3O4/c1-14(30)32-19-5-3-2-4-18(19)22(31)29-12-10-16(11-13-29)21-27-20(28-33-21)15-6-8-17(9-7-15)23(24,25)26/h2-9,16H,10-13H2,1H3. The molecule has 0 aliphatic carbocycles. The zero-order chi connectivity index (χ0) is 23.6. The van der Waals surface area contributed by atoms with Gasteiger partial charge in [0.25, 0.3) is 5.91 Å². The fraction of sp³-hybridized carbons (Fsp3) is 0.304. The summed E-state index contributed by atoms with van der Waals surface area (Å²) >= 11 is 0. The van der Waals surface area contributed by atoms with Gasteiger partial charge < -0.3 is 14.2 Å². The number of para-hydroxylation sites is 1. The lowest BCUT2D eigenvalue weighted by atomic mass is 9.96. The Morgan fingerprint density at radius 1 is 1.06 bits per heavy atom. The number of aromatic nitrogens is 2. The van der Waals surface area contributed by atoms with Crippen LogP contribution in [0.5, 0.6) is 5.75 Å². The molecule has 2 aromatic carbocycles.